The molecule has 0 saturated carbocycles. The summed E-state index contributed by atoms with van der Waals surface area (Å²) in [4.78, 5) is 0. The second-order valence-electron chi connectivity index (χ2n) is 5.64. The van der Waals surface area contributed by atoms with Crippen LogP contribution in [0.5, 0.6) is 0 Å². The molecule has 0 fully saturated rings. The van der Waals surface area contributed by atoms with Crippen molar-refractivity contribution in [3.8, 4) is 11.1 Å². The van der Waals surface area contributed by atoms with Gasteiger partial charge in [0, 0.05) is 5.56 Å². The predicted molar refractivity (Wildman–Crippen MR) is 70.1 cm³/mol. The lowest BCUT2D eigenvalue weighted by Crippen LogP contribution is -2.13. The van der Waals surface area contributed by atoms with Gasteiger partial charge in [0.1, 0.15) is 11.6 Å². The molecule has 1 aromatic heterocycles. The van der Waals surface area contributed by atoms with Gasteiger partial charge in [0.25, 0.3) is 0 Å². The third kappa shape index (κ3) is 2.17. The molecule has 0 N–H and O–H groups in total. The van der Waals surface area contributed by atoms with Gasteiger partial charge < -0.3 is 4.52 Å². The van der Waals surface area contributed by atoms with Gasteiger partial charge in [-0.3, -0.25) is 0 Å². The zero-order valence-electron chi connectivity index (χ0n) is 11.5. The van der Waals surface area contributed by atoms with Gasteiger partial charge in [0.2, 0.25) is 0 Å². The van der Waals surface area contributed by atoms with E-state index in [0.29, 0.717) is 0 Å². The smallest absolute Gasteiger partial charge is 0.141 e. The average molecular weight is 247 g/mol. The number of rotatable bonds is 1. The van der Waals surface area contributed by atoms with Crippen LogP contribution in [0.3, 0.4) is 0 Å². The molecule has 0 spiro atoms. The predicted octanol–water partition coefficient (Wildman–Crippen LogP) is 4.40. The molecule has 1 aromatic carbocycles. The van der Waals surface area contributed by atoms with Crippen molar-refractivity contribution in [2.45, 2.75) is 40.0 Å². The van der Waals surface area contributed by atoms with E-state index in [-0.39, 0.29) is 11.2 Å². The summed E-state index contributed by atoms with van der Waals surface area (Å²) in [5.74, 6) is 0.488. The van der Waals surface area contributed by atoms with Crippen molar-refractivity contribution in [1.82, 2.24) is 5.16 Å². The van der Waals surface area contributed by atoms with Crippen LogP contribution >= 0.6 is 0 Å². The maximum absolute atomic E-state index is 13.5. The number of halogens is 1. The third-order valence-corrected chi connectivity index (χ3v) is 3.09. The highest BCUT2D eigenvalue weighted by Gasteiger charge is 2.23. The topological polar surface area (TPSA) is 26.0 Å². The first-order valence-electron chi connectivity index (χ1n) is 6.04. The molecule has 2 nitrogen and oxygen atoms in total. The normalized spacial score (nSPS) is 11.9. The Hall–Kier alpha value is -1.64. The standard InChI is InChI=1S/C15H18FNO/c1-9-14(10(2)18-17-9)12-8-11(16)6-7-13(12)15(3,4)5/h6-8H,1-5H3. The van der Waals surface area contributed by atoms with Gasteiger partial charge in [0.15, 0.2) is 0 Å². The monoisotopic (exact) mass is 247 g/mol. The van der Waals surface area contributed by atoms with E-state index in [0.717, 1.165) is 28.1 Å². The molecular formula is C15H18FNO. The maximum Gasteiger partial charge on any atom is 0.141 e. The number of aryl methyl sites for hydroxylation is 2. The Morgan fingerprint density at radius 1 is 1.17 bits per heavy atom. The fraction of sp³-hybridized carbons (Fsp3) is 0.400. The van der Waals surface area contributed by atoms with E-state index < -0.39 is 0 Å². The molecule has 0 saturated heterocycles. The van der Waals surface area contributed by atoms with Gasteiger partial charge in [-0.05, 0) is 42.5 Å². The highest BCUT2D eigenvalue weighted by Crippen LogP contribution is 2.36. The van der Waals surface area contributed by atoms with Crippen LogP contribution in [-0.2, 0) is 5.41 Å². The zero-order valence-corrected chi connectivity index (χ0v) is 11.5. The van der Waals surface area contributed by atoms with Crippen molar-refractivity contribution in [2.24, 2.45) is 0 Å². The third-order valence-electron chi connectivity index (χ3n) is 3.09. The highest BCUT2D eigenvalue weighted by molar-refractivity contribution is 5.72. The first-order valence-corrected chi connectivity index (χ1v) is 6.04. The number of benzene rings is 1. The minimum absolute atomic E-state index is 0.0564. The number of hydrogen-bond acceptors (Lipinski definition) is 2. The molecule has 0 bridgehead atoms. The van der Waals surface area contributed by atoms with Crippen LogP contribution in [0.15, 0.2) is 22.7 Å². The Balaban J connectivity index is 2.74. The summed E-state index contributed by atoms with van der Waals surface area (Å²) >= 11 is 0. The van der Waals surface area contributed by atoms with Crippen LogP contribution in [0, 0.1) is 19.7 Å². The lowest BCUT2D eigenvalue weighted by atomic mass is 9.81. The number of aromatic nitrogens is 1. The van der Waals surface area contributed by atoms with Crippen LogP contribution in [0.2, 0.25) is 0 Å². The van der Waals surface area contributed by atoms with E-state index in [1.165, 1.54) is 6.07 Å². The fourth-order valence-electron chi connectivity index (χ4n) is 2.24. The second-order valence-corrected chi connectivity index (χ2v) is 5.64. The Kier molecular flexibility index (Phi) is 3.01. The number of nitrogens with zero attached hydrogens (tertiary/aromatic N) is 1. The van der Waals surface area contributed by atoms with Crippen LogP contribution in [0.25, 0.3) is 11.1 Å². The molecule has 0 aliphatic heterocycles. The number of hydrogen-bond donors (Lipinski definition) is 0. The van der Waals surface area contributed by atoms with Gasteiger partial charge >= 0.3 is 0 Å². The quantitative estimate of drug-likeness (QED) is 0.746. The molecule has 3 heteroatoms. The average Bonchev–Trinajstić information content (AvgIpc) is 2.56. The van der Waals surface area contributed by atoms with Gasteiger partial charge in [0.05, 0.1) is 5.69 Å². The van der Waals surface area contributed by atoms with Gasteiger partial charge in [-0.25, -0.2) is 4.39 Å². The van der Waals surface area contributed by atoms with Crippen molar-refractivity contribution in [1.29, 1.82) is 0 Å². The molecule has 0 radical (unpaired) electrons. The van der Waals surface area contributed by atoms with Crippen molar-refractivity contribution in [3.63, 3.8) is 0 Å². The zero-order chi connectivity index (χ0) is 13.5. The SMILES string of the molecule is Cc1noc(C)c1-c1cc(F)ccc1C(C)(C)C. The summed E-state index contributed by atoms with van der Waals surface area (Å²) in [6.07, 6.45) is 0. The fourth-order valence-corrected chi connectivity index (χ4v) is 2.24. The molecule has 96 valence electrons. The molecule has 2 aromatic rings. The van der Waals surface area contributed by atoms with Gasteiger partial charge in [-0.15, -0.1) is 0 Å². The Bertz CT molecular complexity index is 559. The molecule has 0 amide bonds. The van der Waals surface area contributed by atoms with E-state index >= 15 is 0 Å². The minimum atomic E-state index is -0.238. The second kappa shape index (κ2) is 4.23. The van der Waals surface area contributed by atoms with Gasteiger partial charge in [-0.2, -0.15) is 0 Å². The highest BCUT2D eigenvalue weighted by atomic mass is 19.1. The molecule has 2 rings (SSSR count). The van der Waals surface area contributed by atoms with Crippen LogP contribution in [-0.4, -0.2) is 5.16 Å². The van der Waals surface area contributed by atoms with E-state index in [9.17, 15) is 4.39 Å². The van der Waals surface area contributed by atoms with Crippen molar-refractivity contribution >= 4 is 0 Å². The lowest BCUT2D eigenvalue weighted by molar-refractivity contribution is 0.393. The summed E-state index contributed by atoms with van der Waals surface area (Å²) in [5.41, 5.74) is 3.61. The maximum atomic E-state index is 13.5. The molecule has 0 unspecified atom stereocenters. The molecule has 0 aliphatic carbocycles. The van der Waals surface area contributed by atoms with E-state index in [1.54, 1.807) is 6.07 Å². The summed E-state index contributed by atoms with van der Waals surface area (Å²) in [7, 11) is 0. The Morgan fingerprint density at radius 2 is 1.83 bits per heavy atom. The van der Waals surface area contributed by atoms with Crippen LogP contribution in [0.1, 0.15) is 37.8 Å². The van der Waals surface area contributed by atoms with Crippen LogP contribution < -0.4 is 0 Å². The Labute approximate surface area is 107 Å². The summed E-state index contributed by atoms with van der Waals surface area (Å²) in [6.45, 7) is 10.1. The first kappa shape index (κ1) is 12.8. The van der Waals surface area contributed by atoms with Crippen molar-refractivity contribution in [2.75, 3.05) is 0 Å². The van der Waals surface area contributed by atoms with E-state index in [4.69, 9.17) is 4.52 Å². The van der Waals surface area contributed by atoms with E-state index in [1.807, 2.05) is 19.9 Å². The van der Waals surface area contributed by atoms with Crippen molar-refractivity contribution in [3.05, 3.63) is 41.0 Å². The Morgan fingerprint density at radius 3 is 2.33 bits per heavy atom. The van der Waals surface area contributed by atoms with Gasteiger partial charge in [-0.1, -0.05) is 32.0 Å². The van der Waals surface area contributed by atoms with Crippen LogP contribution in [0.4, 0.5) is 4.39 Å². The summed E-state index contributed by atoms with van der Waals surface area (Å²) in [5, 5.41) is 3.95. The largest absolute Gasteiger partial charge is 0.361 e. The molecule has 0 atom stereocenters. The molecule has 18 heavy (non-hydrogen) atoms. The van der Waals surface area contributed by atoms with E-state index in [2.05, 4.69) is 25.9 Å². The summed E-state index contributed by atoms with van der Waals surface area (Å²) < 4.78 is 18.7. The lowest BCUT2D eigenvalue weighted by Gasteiger charge is -2.23. The molecule has 1 heterocycles. The molecular weight excluding hydrogens is 229 g/mol. The molecule has 0 aliphatic rings. The first-order chi connectivity index (χ1) is 8.30. The minimum Gasteiger partial charge on any atom is -0.361 e. The summed E-state index contributed by atoms with van der Waals surface area (Å²) in [6, 6.07) is 4.91. The van der Waals surface area contributed by atoms with Crippen molar-refractivity contribution < 1.29 is 8.91 Å².